The van der Waals surface area contributed by atoms with Gasteiger partial charge < -0.3 is 15.2 Å². The topological polar surface area (TPSA) is 138 Å². The van der Waals surface area contributed by atoms with Crippen LogP contribution in [0, 0.1) is 0 Å². The Morgan fingerprint density at radius 3 is 2.43 bits per heavy atom. The third-order valence-electron chi connectivity index (χ3n) is 3.36. The van der Waals surface area contributed by atoms with Gasteiger partial charge in [0.2, 0.25) is 0 Å². The van der Waals surface area contributed by atoms with Crippen molar-refractivity contribution in [1.82, 2.24) is 10.3 Å². The second-order valence-corrected chi connectivity index (χ2v) is 9.06. The largest absolute Gasteiger partial charge is 0.444 e. The van der Waals surface area contributed by atoms with E-state index in [0.717, 1.165) is 5.56 Å². The number of hydrogen-bond donors (Lipinski definition) is 4. The maximum atomic E-state index is 12.2. The number of rotatable bonds is 7. The van der Waals surface area contributed by atoms with Gasteiger partial charge in [0, 0.05) is 5.38 Å². The number of ether oxygens (including phenoxy) is 1. The molecule has 0 aliphatic heterocycles. The molecule has 0 bridgehead atoms. The summed E-state index contributed by atoms with van der Waals surface area (Å²) in [5, 5.41) is 14.3. The monoisotopic (exact) mass is 429 g/mol. The quantitative estimate of drug-likeness (QED) is 0.496. The second-order valence-electron chi connectivity index (χ2n) is 7.01. The Bertz CT molecular complexity index is 904. The molecule has 2 aromatic rings. The first kappa shape index (κ1) is 22.1. The van der Waals surface area contributed by atoms with Gasteiger partial charge in [-0.3, -0.25) is 9.27 Å². The number of nitrogens with one attached hydrogen (secondary N) is 2. The Morgan fingerprint density at radius 2 is 1.93 bits per heavy atom. The first-order valence-electron chi connectivity index (χ1n) is 8.34. The van der Waals surface area contributed by atoms with E-state index in [9.17, 15) is 18.3 Å². The normalized spacial score (nSPS) is 13.0. The molecule has 154 valence electrons. The van der Waals surface area contributed by atoms with Crippen LogP contribution in [0.15, 0.2) is 29.6 Å². The number of amides is 1. The Labute approximate surface area is 167 Å². The molecular formula is C17H23N3O6S2. The predicted molar refractivity (Wildman–Crippen MR) is 105 cm³/mol. The van der Waals surface area contributed by atoms with Crippen molar-refractivity contribution < 1.29 is 27.6 Å². The van der Waals surface area contributed by atoms with Crippen LogP contribution in [0.3, 0.4) is 0 Å². The molecule has 1 unspecified atom stereocenters. The van der Waals surface area contributed by atoms with Crippen molar-refractivity contribution in [3.8, 4) is 0 Å². The number of hydrogen-bond acceptors (Lipinski definition) is 7. The lowest BCUT2D eigenvalue weighted by Crippen LogP contribution is -2.35. The highest BCUT2D eigenvalue weighted by Crippen LogP contribution is 2.24. The number of carbonyl (C=O) groups is 1. The van der Waals surface area contributed by atoms with Crippen LogP contribution in [0.2, 0.25) is 0 Å². The second kappa shape index (κ2) is 8.86. The lowest BCUT2D eigenvalue weighted by atomic mass is 10.1. The number of benzene rings is 1. The summed E-state index contributed by atoms with van der Waals surface area (Å²) in [6.45, 7) is 5.08. The molecular weight excluding hydrogens is 406 g/mol. The maximum absolute atomic E-state index is 12.2. The van der Waals surface area contributed by atoms with Gasteiger partial charge in [-0.05, 0) is 44.9 Å². The molecule has 0 saturated carbocycles. The van der Waals surface area contributed by atoms with Crippen LogP contribution >= 0.6 is 11.3 Å². The van der Waals surface area contributed by atoms with Gasteiger partial charge in [0.1, 0.15) is 10.6 Å². The molecule has 0 saturated heterocycles. The molecule has 1 atom stereocenters. The van der Waals surface area contributed by atoms with Gasteiger partial charge in [-0.2, -0.15) is 8.42 Å². The van der Waals surface area contributed by atoms with E-state index in [1.54, 1.807) is 38.3 Å². The van der Waals surface area contributed by atoms with E-state index in [0.29, 0.717) is 17.1 Å². The van der Waals surface area contributed by atoms with Gasteiger partial charge in [-0.25, -0.2) is 9.78 Å². The van der Waals surface area contributed by atoms with E-state index in [1.807, 2.05) is 4.72 Å². The smallest absolute Gasteiger partial charge is 0.408 e. The number of carbonyl (C=O) groups excluding carboxylic acids is 1. The molecule has 0 aliphatic carbocycles. The zero-order valence-electron chi connectivity index (χ0n) is 15.7. The van der Waals surface area contributed by atoms with Crippen LogP contribution in [-0.2, 0) is 28.1 Å². The summed E-state index contributed by atoms with van der Waals surface area (Å²) in [5.41, 5.74) is 0.850. The fourth-order valence-corrected chi connectivity index (χ4v) is 3.59. The molecule has 1 heterocycles. The Hall–Kier alpha value is -2.21. The number of aliphatic hydroxyl groups excluding tert-OH is 1. The molecule has 0 radical (unpaired) electrons. The van der Waals surface area contributed by atoms with Crippen LogP contribution < -0.4 is 10.0 Å². The summed E-state index contributed by atoms with van der Waals surface area (Å²) >= 11 is 1.31. The fraction of sp³-hybridized carbons (Fsp3) is 0.412. The highest BCUT2D eigenvalue weighted by Gasteiger charge is 2.23. The van der Waals surface area contributed by atoms with E-state index in [1.165, 1.54) is 23.5 Å². The Morgan fingerprint density at radius 1 is 1.29 bits per heavy atom. The van der Waals surface area contributed by atoms with Gasteiger partial charge in [0.05, 0.1) is 24.0 Å². The van der Waals surface area contributed by atoms with Crippen LogP contribution in [0.5, 0.6) is 0 Å². The maximum Gasteiger partial charge on any atom is 0.408 e. The van der Waals surface area contributed by atoms with E-state index in [4.69, 9.17) is 9.29 Å². The van der Waals surface area contributed by atoms with Gasteiger partial charge in [0.25, 0.3) is 0 Å². The number of thiazole rings is 1. The van der Waals surface area contributed by atoms with Crippen molar-refractivity contribution in [2.75, 3.05) is 4.72 Å². The molecule has 9 nitrogen and oxygen atoms in total. The third kappa shape index (κ3) is 7.43. The predicted octanol–water partition coefficient (Wildman–Crippen LogP) is 2.66. The molecule has 28 heavy (non-hydrogen) atoms. The van der Waals surface area contributed by atoms with Crippen molar-refractivity contribution in [3.05, 3.63) is 45.9 Å². The molecule has 0 spiro atoms. The van der Waals surface area contributed by atoms with Gasteiger partial charge in [0.15, 0.2) is 0 Å². The van der Waals surface area contributed by atoms with Crippen molar-refractivity contribution in [3.63, 3.8) is 0 Å². The first-order valence-corrected chi connectivity index (χ1v) is 10.7. The lowest BCUT2D eigenvalue weighted by Gasteiger charge is -2.23. The van der Waals surface area contributed by atoms with Gasteiger partial charge in [-0.15, -0.1) is 11.3 Å². The van der Waals surface area contributed by atoms with Crippen molar-refractivity contribution in [2.24, 2.45) is 0 Å². The minimum absolute atomic E-state index is 0.203. The van der Waals surface area contributed by atoms with Crippen LogP contribution in [0.1, 0.15) is 43.1 Å². The summed E-state index contributed by atoms with van der Waals surface area (Å²) in [5.74, 6) is 0. The van der Waals surface area contributed by atoms with Crippen molar-refractivity contribution >= 4 is 33.4 Å². The molecule has 4 N–H and O–H groups in total. The molecule has 2 rings (SSSR count). The summed E-state index contributed by atoms with van der Waals surface area (Å²) in [4.78, 5) is 16.5. The average molecular weight is 430 g/mol. The van der Waals surface area contributed by atoms with Crippen LogP contribution in [0.4, 0.5) is 10.5 Å². The number of anilines is 1. The van der Waals surface area contributed by atoms with Crippen molar-refractivity contribution in [1.29, 1.82) is 0 Å². The van der Waals surface area contributed by atoms with Gasteiger partial charge >= 0.3 is 16.4 Å². The molecule has 1 amide bonds. The molecule has 0 fully saturated rings. The average Bonchev–Trinajstić information content (AvgIpc) is 3.02. The highest BCUT2D eigenvalue weighted by atomic mass is 32.2. The SMILES string of the molecule is CC(C)(C)OC(=O)NC(Cc1ccc(NS(=O)(=O)O)cc1)c1nc(CO)cs1. The minimum Gasteiger partial charge on any atom is -0.444 e. The molecule has 1 aromatic heterocycles. The zero-order chi connectivity index (χ0) is 20.9. The Kier molecular flexibility index (Phi) is 6.99. The first-order chi connectivity index (χ1) is 12.9. The highest BCUT2D eigenvalue weighted by molar-refractivity contribution is 7.87. The number of aliphatic hydroxyl groups is 1. The van der Waals surface area contributed by atoms with Crippen molar-refractivity contribution in [2.45, 2.75) is 45.4 Å². The van der Waals surface area contributed by atoms with Gasteiger partial charge in [-0.1, -0.05) is 12.1 Å². The van der Waals surface area contributed by atoms with Crippen LogP contribution in [0.25, 0.3) is 0 Å². The van der Waals surface area contributed by atoms with E-state index < -0.39 is 28.0 Å². The van der Waals surface area contributed by atoms with Crippen LogP contribution in [-0.4, -0.2) is 34.8 Å². The molecule has 0 aliphatic rings. The number of aromatic nitrogens is 1. The minimum atomic E-state index is -4.35. The third-order valence-corrected chi connectivity index (χ3v) is 4.86. The zero-order valence-corrected chi connectivity index (χ0v) is 17.3. The molecule has 11 heteroatoms. The summed E-state index contributed by atoms with van der Waals surface area (Å²) in [6.07, 6.45) is -0.230. The Balaban J connectivity index is 2.18. The summed E-state index contributed by atoms with van der Waals surface area (Å²) in [6, 6.07) is 5.82. The summed E-state index contributed by atoms with van der Waals surface area (Å²) < 4.78 is 37.8. The number of alkyl carbamates (subject to hydrolysis) is 1. The fourth-order valence-electron chi connectivity index (χ4n) is 2.30. The van der Waals surface area contributed by atoms with E-state index in [-0.39, 0.29) is 12.3 Å². The van der Waals surface area contributed by atoms with E-state index >= 15 is 0 Å². The lowest BCUT2D eigenvalue weighted by molar-refractivity contribution is 0.0503. The summed E-state index contributed by atoms with van der Waals surface area (Å²) in [7, 11) is -4.35. The standard InChI is InChI=1S/C17H23N3O6S2/c1-17(2,3)26-16(22)19-14(15-18-13(9-21)10-27-15)8-11-4-6-12(7-5-11)20-28(23,24)25/h4-7,10,14,20-21H,8-9H2,1-3H3,(H,19,22)(H,23,24,25). The van der Waals surface area contributed by atoms with E-state index in [2.05, 4.69) is 10.3 Å². The number of nitrogens with zero attached hydrogens (tertiary/aromatic N) is 1. The molecule has 1 aromatic carbocycles.